The Kier molecular flexibility index (Phi) is 5.17. The minimum absolute atomic E-state index is 0.179. The Balaban J connectivity index is 1.66. The van der Waals surface area contributed by atoms with E-state index < -0.39 is 17.6 Å². The number of alkyl halides is 3. The first-order valence-electron chi connectivity index (χ1n) is 7.49. The molecular formula is C17H13F3N4OS. The fraction of sp³-hybridized carbons (Fsp3) is 0.118. The smallest absolute Gasteiger partial charge is 0.378 e. The van der Waals surface area contributed by atoms with Crippen LogP contribution in [0.4, 0.5) is 24.5 Å². The molecule has 2 N–H and O–H groups in total. The number of aromatic nitrogens is 2. The van der Waals surface area contributed by atoms with Gasteiger partial charge in [-0.1, -0.05) is 6.07 Å². The van der Waals surface area contributed by atoms with E-state index in [0.29, 0.717) is 12.2 Å². The number of hydrogen-bond donors (Lipinski definition) is 2. The highest BCUT2D eigenvalue weighted by Gasteiger charge is 2.30. The average Bonchev–Trinajstić information content (AvgIpc) is 3.09. The number of hydrogen-bond acceptors (Lipinski definition) is 5. The maximum atomic E-state index is 12.6. The molecule has 0 atom stereocenters. The number of rotatable bonds is 5. The lowest BCUT2D eigenvalue weighted by Crippen LogP contribution is -2.15. The highest BCUT2D eigenvalue weighted by Crippen LogP contribution is 2.30. The SMILES string of the molecule is O=C(Nc1ccc(C(F)(F)F)cc1)c1nscc1NCc1cccnc1. The van der Waals surface area contributed by atoms with Crippen LogP contribution in [-0.2, 0) is 12.7 Å². The zero-order chi connectivity index (χ0) is 18.6. The van der Waals surface area contributed by atoms with Crippen LogP contribution in [-0.4, -0.2) is 15.3 Å². The van der Waals surface area contributed by atoms with Gasteiger partial charge in [0.15, 0.2) is 5.69 Å². The van der Waals surface area contributed by atoms with Crippen LogP contribution in [0.15, 0.2) is 54.2 Å². The quantitative estimate of drug-likeness (QED) is 0.690. The van der Waals surface area contributed by atoms with Crippen molar-refractivity contribution in [3.8, 4) is 0 Å². The van der Waals surface area contributed by atoms with Gasteiger partial charge >= 0.3 is 6.18 Å². The highest BCUT2D eigenvalue weighted by atomic mass is 32.1. The number of amides is 1. The van der Waals surface area contributed by atoms with Gasteiger partial charge in [-0.05, 0) is 47.4 Å². The van der Waals surface area contributed by atoms with E-state index >= 15 is 0 Å². The van der Waals surface area contributed by atoms with Gasteiger partial charge in [0, 0.05) is 30.0 Å². The molecule has 9 heteroatoms. The van der Waals surface area contributed by atoms with E-state index in [1.807, 2.05) is 6.07 Å². The third kappa shape index (κ3) is 4.37. The first-order chi connectivity index (χ1) is 12.4. The first-order valence-corrected chi connectivity index (χ1v) is 8.33. The van der Waals surface area contributed by atoms with Crippen LogP contribution in [0.3, 0.4) is 0 Å². The van der Waals surface area contributed by atoms with Crippen molar-refractivity contribution in [2.75, 3.05) is 10.6 Å². The van der Waals surface area contributed by atoms with Crippen molar-refractivity contribution in [1.82, 2.24) is 9.36 Å². The van der Waals surface area contributed by atoms with Crippen molar-refractivity contribution >= 4 is 28.8 Å². The minimum Gasteiger partial charge on any atom is -0.378 e. The molecule has 0 bridgehead atoms. The summed E-state index contributed by atoms with van der Waals surface area (Å²) in [6, 6.07) is 7.94. The zero-order valence-electron chi connectivity index (χ0n) is 13.2. The first kappa shape index (κ1) is 17.9. The monoisotopic (exact) mass is 378 g/mol. The fourth-order valence-electron chi connectivity index (χ4n) is 2.16. The van der Waals surface area contributed by atoms with Crippen molar-refractivity contribution in [3.63, 3.8) is 0 Å². The van der Waals surface area contributed by atoms with Gasteiger partial charge in [-0.25, -0.2) is 0 Å². The summed E-state index contributed by atoms with van der Waals surface area (Å²) in [7, 11) is 0. The number of nitrogens with one attached hydrogen (secondary N) is 2. The van der Waals surface area contributed by atoms with Crippen LogP contribution in [0, 0.1) is 0 Å². The summed E-state index contributed by atoms with van der Waals surface area (Å²) in [6.07, 6.45) is -1.05. The number of benzene rings is 1. The standard InChI is InChI=1S/C17H13F3N4OS/c18-17(19,20)12-3-5-13(6-4-12)23-16(25)15-14(10-26-24-15)22-9-11-2-1-7-21-8-11/h1-8,10,22H,9H2,(H,23,25). The molecule has 26 heavy (non-hydrogen) atoms. The van der Waals surface area contributed by atoms with E-state index in [2.05, 4.69) is 20.0 Å². The van der Waals surface area contributed by atoms with Crippen LogP contribution in [0.5, 0.6) is 0 Å². The average molecular weight is 378 g/mol. The van der Waals surface area contributed by atoms with Crippen LogP contribution in [0.2, 0.25) is 0 Å². The summed E-state index contributed by atoms with van der Waals surface area (Å²) in [5.74, 6) is -0.500. The molecule has 134 valence electrons. The summed E-state index contributed by atoms with van der Waals surface area (Å²) in [4.78, 5) is 16.4. The van der Waals surface area contributed by atoms with Crippen molar-refractivity contribution in [2.45, 2.75) is 12.7 Å². The van der Waals surface area contributed by atoms with Gasteiger partial charge in [0.1, 0.15) is 0 Å². The molecule has 0 saturated carbocycles. The molecule has 5 nitrogen and oxygen atoms in total. The van der Waals surface area contributed by atoms with Gasteiger partial charge < -0.3 is 10.6 Å². The number of anilines is 2. The van der Waals surface area contributed by atoms with Crippen LogP contribution < -0.4 is 10.6 Å². The van der Waals surface area contributed by atoms with Crippen molar-refractivity contribution in [3.05, 3.63) is 71.0 Å². The Bertz CT molecular complexity index is 879. The molecular weight excluding hydrogens is 365 g/mol. The summed E-state index contributed by atoms with van der Waals surface area (Å²) in [6.45, 7) is 0.465. The Morgan fingerprint density at radius 1 is 1.15 bits per heavy atom. The maximum absolute atomic E-state index is 12.6. The van der Waals surface area contributed by atoms with E-state index in [1.165, 1.54) is 12.1 Å². The van der Waals surface area contributed by atoms with Crippen LogP contribution >= 0.6 is 11.5 Å². The summed E-state index contributed by atoms with van der Waals surface area (Å²) in [5.41, 5.74) is 1.15. The van der Waals surface area contributed by atoms with Crippen LogP contribution in [0.25, 0.3) is 0 Å². The lowest BCUT2D eigenvalue weighted by Gasteiger charge is -2.09. The van der Waals surface area contributed by atoms with Crippen molar-refractivity contribution in [1.29, 1.82) is 0 Å². The highest BCUT2D eigenvalue weighted by molar-refractivity contribution is 7.04. The second-order valence-electron chi connectivity index (χ2n) is 5.32. The Morgan fingerprint density at radius 2 is 1.92 bits per heavy atom. The number of carbonyl (C=O) groups is 1. The third-order valence-electron chi connectivity index (χ3n) is 3.46. The van der Waals surface area contributed by atoms with Crippen molar-refractivity contribution in [2.24, 2.45) is 0 Å². The van der Waals surface area contributed by atoms with Gasteiger partial charge in [0.2, 0.25) is 0 Å². The van der Waals surface area contributed by atoms with Gasteiger partial charge in [0.05, 0.1) is 11.3 Å². The van der Waals surface area contributed by atoms with E-state index in [-0.39, 0.29) is 11.4 Å². The fourth-order valence-corrected chi connectivity index (χ4v) is 2.80. The summed E-state index contributed by atoms with van der Waals surface area (Å²) < 4.78 is 41.8. The molecule has 0 aliphatic rings. The number of halogens is 3. The van der Waals surface area contributed by atoms with Gasteiger partial charge in [-0.2, -0.15) is 17.5 Å². The topological polar surface area (TPSA) is 66.9 Å². The minimum atomic E-state index is -4.42. The molecule has 3 aromatic rings. The number of carbonyl (C=O) groups excluding carboxylic acids is 1. The maximum Gasteiger partial charge on any atom is 0.416 e. The largest absolute Gasteiger partial charge is 0.416 e. The molecule has 1 aromatic carbocycles. The molecule has 0 unspecified atom stereocenters. The second kappa shape index (κ2) is 7.52. The van der Waals surface area contributed by atoms with Gasteiger partial charge in [0.25, 0.3) is 5.91 Å². The second-order valence-corrected chi connectivity index (χ2v) is 5.95. The third-order valence-corrected chi connectivity index (χ3v) is 4.09. The summed E-state index contributed by atoms with van der Waals surface area (Å²) in [5, 5.41) is 7.34. The normalized spacial score (nSPS) is 11.2. The molecule has 0 radical (unpaired) electrons. The molecule has 1 amide bonds. The van der Waals surface area contributed by atoms with E-state index in [1.54, 1.807) is 23.8 Å². The molecule has 2 heterocycles. The van der Waals surface area contributed by atoms with Crippen LogP contribution in [0.1, 0.15) is 21.6 Å². The van der Waals surface area contributed by atoms with E-state index in [0.717, 1.165) is 29.2 Å². The Labute approximate surface area is 151 Å². The zero-order valence-corrected chi connectivity index (χ0v) is 14.1. The Hall–Kier alpha value is -2.94. The molecule has 3 rings (SSSR count). The number of pyridine rings is 1. The predicted octanol–water partition coefficient (Wildman–Crippen LogP) is 4.42. The molecule has 2 aromatic heterocycles. The molecule has 0 fully saturated rings. The van der Waals surface area contributed by atoms with Gasteiger partial charge in [-0.3, -0.25) is 9.78 Å². The molecule has 0 spiro atoms. The van der Waals surface area contributed by atoms with Crippen molar-refractivity contribution < 1.29 is 18.0 Å². The molecule has 0 saturated heterocycles. The molecule has 0 aliphatic heterocycles. The summed E-state index contributed by atoms with van der Waals surface area (Å²) >= 11 is 1.11. The Morgan fingerprint density at radius 3 is 2.58 bits per heavy atom. The lowest BCUT2D eigenvalue weighted by molar-refractivity contribution is -0.137. The predicted molar refractivity (Wildman–Crippen MR) is 93.1 cm³/mol. The van der Waals surface area contributed by atoms with E-state index in [9.17, 15) is 18.0 Å². The molecule has 0 aliphatic carbocycles. The lowest BCUT2D eigenvalue weighted by atomic mass is 10.2. The van der Waals surface area contributed by atoms with E-state index in [4.69, 9.17) is 0 Å². The van der Waals surface area contributed by atoms with Gasteiger partial charge in [-0.15, -0.1) is 0 Å². The number of nitrogens with zero attached hydrogens (tertiary/aromatic N) is 2.